The molecule has 1 fully saturated rings. The molecule has 1 saturated carbocycles. The summed E-state index contributed by atoms with van der Waals surface area (Å²) in [7, 11) is 0. The van der Waals surface area contributed by atoms with E-state index >= 15 is 0 Å². The SMILES string of the molecule is CCCCc1cc(NC(=O)Nc2ccc(Oc3ccnc(NC(=O)NC4CC4)n3)c3ccccc23)n(-c2ccc(C)cc2)n1. The number of amides is 4. The first-order chi connectivity index (χ1) is 21.4. The topological polar surface area (TPSA) is 135 Å². The van der Waals surface area contributed by atoms with Gasteiger partial charge in [-0.25, -0.2) is 19.3 Å². The Labute approximate surface area is 255 Å². The summed E-state index contributed by atoms with van der Waals surface area (Å²) in [6.45, 7) is 4.18. The van der Waals surface area contributed by atoms with Gasteiger partial charge in [0.2, 0.25) is 11.8 Å². The van der Waals surface area contributed by atoms with E-state index in [1.165, 1.54) is 6.20 Å². The van der Waals surface area contributed by atoms with Gasteiger partial charge >= 0.3 is 12.1 Å². The van der Waals surface area contributed by atoms with Gasteiger partial charge in [0.15, 0.2) is 0 Å². The number of hydrogen-bond donors (Lipinski definition) is 4. The molecule has 11 heteroatoms. The quantitative estimate of drug-likeness (QED) is 0.136. The first-order valence-corrected chi connectivity index (χ1v) is 14.8. The van der Waals surface area contributed by atoms with Crippen molar-refractivity contribution in [3.63, 3.8) is 0 Å². The lowest BCUT2D eigenvalue weighted by atomic mass is 10.1. The summed E-state index contributed by atoms with van der Waals surface area (Å²) in [6.07, 6.45) is 6.38. The van der Waals surface area contributed by atoms with Gasteiger partial charge in [-0.2, -0.15) is 10.1 Å². The van der Waals surface area contributed by atoms with Crippen LogP contribution in [-0.2, 0) is 6.42 Å². The molecule has 1 aliphatic rings. The monoisotopic (exact) mass is 590 g/mol. The Bertz CT molecular complexity index is 1800. The van der Waals surface area contributed by atoms with E-state index in [2.05, 4.69) is 38.2 Å². The van der Waals surface area contributed by atoms with Crippen LogP contribution in [0.15, 0.2) is 79.0 Å². The summed E-state index contributed by atoms with van der Waals surface area (Å²) >= 11 is 0. The second-order valence-electron chi connectivity index (χ2n) is 10.8. The van der Waals surface area contributed by atoms with Crippen LogP contribution in [0.4, 0.5) is 27.0 Å². The molecule has 44 heavy (non-hydrogen) atoms. The van der Waals surface area contributed by atoms with E-state index in [0.29, 0.717) is 17.3 Å². The third-order valence-electron chi connectivity index (χ3n) is 7.18. The molecule has 0 spiro atoms. The largest absolute Gasteiger partial charge is 0.438 e. The number of fused-ring (bicyclic) bond motifs is 1. The minimum Gasteiger partial charge on any atom is -0.438 e. The normalized spacial score (nSPS) is 12.5. The highest BCUT2D eigenvalue weighted by atomic mass is 16.5. The van der Waals surface area contributed by atoms with Crippen LogP contribution in [0, 0.1) is 6.92 Å². The number of rotatable bonds is 10. The smallest absolute Gasteiger partial charge is 0.324 e. The van der Waals surface area contributed by atoms with Crippen LogP contribution < -0.4 is 26.0 Å². The Morgan fingerprint density at radius 1 is 0.932 bits per heavy atom. The lowest BCUT2D eigenvalue weighted by Gasteiger charge is -2.14. The van der Waals surface area contributed by atoms with Crippen molar-refractivity contribution in [1.29, 1.82) is 0 Å². The molecule has 6 rings (SSSR count). The number of ether oxygens (including phenoxy) is 1. The molecule has 3 aromatic carbocycles. The van der Waals surface area contributed by atoms with E-state index in [4.69, 9.17) is 9.84 Å². The number of benzene rings is 3. The summed E-state index contributed by atoms with van der Waals surface area (Å²) in [5.41, 5.74) is 3.54. The van der Waals surface area contributed by atoms with Gasteiger partial charge in [0, 0.05) is 35.1 Å². The van der Waals surface area contributed by atoms with Gasteiger partial charge < -0.3 is 15.4 Å². The lowest BCUT2D eigenvalue weighted by Crippen LogP contribution is -2.31. The summed E-state index contributed by atoms with van der Waals surface area (Å²) in [5.74, 6) is 1.54. The van der Waals surface area contributed by atoms with Gasteiger partial charge in [-0.3, -0.25) is 10.6 Å². The summed E-state index contributed by atoms with van der Waals surface area (Å²) in [6, 6.07) is 22.2. The Morgan fingerprint density at radius 3 is 2.50 bits per heavy atom. The summed E-state index contributed by atoms with van der Waals surface area (Å²) in [4.78, 5) is 33.9. The second-order valence-corrected chi connectivity index (χ2v) is 10.8. The minimum absolute atomic E-state index is 0.141. The van der Waals surface area contributed by atoms with Crippen molar-refractivity contribution in [1.82, 2.24) is 25.1 Å². The highest BCUT2D eigenvalue weighted by Gasteiger charge is 2.23. The molecule has 11 nitrogen and oxygen atoms in total. The molecule has 2 heterocycles. The molecule has 0 bridgehead atoms. The number of nitrogens with one attached hydrogen (secondary N) is 4. The van der Waals surface area contributed by atoms with Gasteiger partial charge in [-0.1, -0.05) is 55.3 Å². The standard InChI is InChI=1S/C33H34N8O3/c1-3-4-7-23-20-29(41(40-23)24-14-10-21(2)11-15-24)37-33(43)36-27-16-17-28(26-9-6-5-8-25(26)27)44-30-18-19-34-31(38-30)39-32(42)35-22-12-13-22/h5-6,8-11,14-20,22H,3-4,7,12-13H2,1-2H3,(H2,36,37,43)(H2,34,35,38,39,42). The zero-order valence-electron chi connectivity index (χ0n) is 24.6. The average Bonchev–Trinajstić information content (AvgIpc) is 3.75. The van der Waals surface area contributed by atoms with Crippen molar-refractivity contribution in [2.24, 2.45) is 0 Å². The Balaban J connectivity index is 1.20. The van der Waals surface area contributed by atoms with Crippen LogP contribution in [0.25, 0.3) is 16.5 Å². The first kappa shape index (κ1) is 28.7. The molecule has 0 atom stereocenters. The summed E-state index contributed by atoms with van der Waals surface area (Å²) in [5, 5.41) is 17.8. The van der Waals surface area contributed by atoms with E-state index in [1.54, 1.807) is 22.9 Å². The number of anilines is 3. The van der Waals surface area contributed by atoms with Crippen LogP contribution in [0.5, 0.6) is 11.6 Å². The molecule has 0 aliphatic heterocycles. The van der Waals surface area contributed by atoms with Gasteiger partial charge in [0.05, 0.1) is 17.1 Å². The minimum atomic E-state index is -0.393. The lowest BCUT2D eigenvalue weighted by molar-refractivity contribution is 0.251. The average molecular weight is 591 g/mol. The van der Waals surface area contributed by atoms with Crippen LogP contribution in [0.1, 0.15) is 43.9 Å². The number of carbonyl (C=O) groups excluding carboxylic acids is 2. The maximum absolute atomic E-state index is 13.3. The highest BCUT2D eigenvalue weighted by molar-refractivity contribution is 6.07. The molecule has 0 radical (unpaired) electrons. The van der Waals surface area contributed by atoms with E-state index in [9.17, 15) is 9.59 Å². The Morgan fingerprint density at radius 2 is 1.73 bits per heavy atom. The maximum atomic E-state index is 13.3. The van der Waals surface area contributed by atoms with Crippen LogP contribution >= 0.6 is 0 Å². The van der Waals surface area contributed by atoms with E-state index in [0.717, 1.165) is 59.8 Å². The number of hydrogen-bond acceptors (Lipinski definition) is 6. The van der Waals surface area contributed by atoms with Crippen molar-refractivity contribution >= 4 is 40.3 Å². The fourth-order valence-electron chi connectivity index (χ4n) is 4.74. The zero-order chi connectivity index (χ0) is 30.5. The van der Waals surface area contributed by atoms with Crippen LogP contribution in [-0.4, -0.2) is 37.9 Å². The first-order valence-electron chi connectivity index (χ1n) is 14.8. The number of unbranched alkanes of at least 4 members (excludes halogenated alkanes) is 1. The van der Waals surface area contributed by atoms with Crippen molar-refractivity contribution in [2.45, 2.75) is 52.0 Å². The Kier molecular flexibility index (Phi) is 8.35. The molecular formula is C33H34N8O3. The third-order valence-corrected chi connectivity index (χ3v) is 7.18. The van der Waals surface area contributed by atoms with Crippen molar-refractivity contribution in [3.05, 3.63) is 90.3 Å². The van der Waals surface area contributed by atoms with Crippen LogP contribution in [0.2, 0.25) is 0 Å². The van der Waals surface area contributed by atoms with Gasteiger partial charge in [0.25, 0.3) is 0 Å². The Hall–Kier alpha value is -5.45. The van der Waals surface area contributed by atoms with E-state index < -0.39 is 6.03 Å². The molecule has 0 saturated heterocycles. The maximum Gasteiger partial charge on any atom is 0.324 e. The van der Waals surface area contributed by atoms with E-state index in [1.807, 2.05) is 61.5 Å². The molecular weight excluding hydrogens is 556 g/mol. The predicted octanol–water partition coefficient (Wildman–Crippen LogP) is 7.19. The van der Waals surface area contributed by atoms with E-state index in [-0.39, 0.29) is 23.9 Å². The van der Waals surface area contributed by atoms with Gasteiger partial charge in [-0.15, -0.1) is 0 Å². The molecule has 5 aromatic rings. The zero-order valence-corrected chi connectivity index (χ0v) is 24.6. The molecule has 1 aliphatic carbocycles. The van der Waals surface area contributed by atoms with Crippen LogP contribution in [0.3, 0.4) is 0 Å². The number of aryl methyl sites for hydroxylation is 2. The number of urea groups is 2. The number of aromatic nitrogens is 4. The fourth-order valence-corrected chi connectivity index (χ4v) is 4.74. The number of nitrogens with zero attached hydrogens (tertiary/aromatic N) is 4. The summed E-state index contributed by atoms with van der Waals surface area (Å²) < 4.78 is 7.87. The molecule has 0 unspecified atom stereocenters. The van der Waals surface area contributed by atoms with Gasteiger partial charge in [-0.05, 0) is 56.9 Å². The third kappa shape index (κ3) is 6.95. The fraction of sp³-hybridized carbons (Fsp3) is 0.242. The molecule has 224 valence electrons. The second kappa shape index (κ2) is 12.8. The number of carbonyl (C=O) groups is 2. The van der Waals surface area contributed by atoms with Gasteiger partial charge in [0.1, 0.15) is 11.6 Å². The van der Waals surface area contributed by atoms with Crippen molar-refractivity contribution < 1.29 is 14.3 Å². The van der Waals surface area contributed by atoms with Crippen molar-refractivity contribution in [2.75, 3.05) is 16.0 Å². The molecule has 4 N–H and O–H groups in total. The molecule has 2 aromatic heterocycles. The highest BCUT2D eigenvalue weighted by Crippen LogP contribution is 2.34. The predicted molar refractivity (Wildman–Crippen MR) is 171 cm³/mol. The molecule has 4 amide bonds. The van der Waals surface area contributed by atoms with Crippen molar-refractivity contribution in [3.8, 4) is 17.3 Å².